The zero-order valence-electron chi connectivity index (χ0n) is 21.2. The molecule has 188 valence electrons. The van der Waals surface area contributed by atoms with E-state index in [9.17, 15) is 14.4 Å². The van der Waals surface area contributed by atoms with Crippen LogP contribution in [0.3, 0.4) is 0 Å². The normalized spacial score (nSPS) is 16.1. The molecule has 0 spiro atoms. The van der Waals surface area contributed by atoms with Gasteiger partial charge in [-0.05, 0) is 67.7 Å². The maximum absolute atomic E-state index is 13.6. The largest absolute Gasteiger partial charge is 0.432 e. The first-order chi connectivity index (χ1) is 17.1. The van der Waals surface area contributed by atoms with Crippen molar-refractivity contribution >= 4 is 25.6 Å². The predicted molar refractivity (Wildman–Crippen MR) is 141 cm³/mol. The summed E-state index contributed by atoms with van der Waals surface area (Å²) >= 11 is 0. The van der Waals surface area contributed by atoms with Crippen LogP contribution in [-0.4, -0.2) is 52.3 Å². The number of halogens is 1. The standard InChI is InChI=1S/C26H32FN7OSi/c1-26(2,36(3,4)35)12-9-19-5-6-20(16-30-19)31-25-29-13-10-22(33-25)21-7-8-24(23(15-28)32-21)34-14-11-18(27)17-34/h5-8,10,13,16,18,35H,9,11-12,14,17H2,1-4H3,(H,29,31,33)/t18-/m0/s1. The highest BCUT2D eigenvalue weighted by Gasteiger charge is 2.37. The van der Waals surface area contributed by atoms with E-state index in [1.807, 2.05) is 30.1 Å². The molecule has 36 heavy (non-hydrogen) atoms. The lowest BCUT2D eigenvalue weighted by atomic mass is 10.0. The third-order valence-electron chi connectivity index (χ3n) is 7.11. The van der Waals surface area contributed by atoms with Crippen LogP contribution in [0.25, 0.3) is 11.4 Å². The number of hydrogen-bond acceptors (Lipinski definition) is 8. The molecule has 3 aromatic rings. The Hall–Kier alpha value is -3.42. The quantitative estimate of drug-likeness (QED) is 0.411. The number of nitrogens with one attached hydrogen (secondary N) is 1. The van der Waals surface area contributed by atoms with Crippen molar-refractivity contribution in [1.29, 1.82) is 5.26 Å². The van der Waals surface area contributed by atoms with Crippen molar-refractivity contribution in [2.24, 2.45) is 0 Å². The highest BCUT2D eigenvalue weighted by molar-refractivity contribution is 6.72. The van der Waals surface area contributed by atoms with Crippen LogP contribution in [0.4, 0.5) is 21.7 Å². The van der Waals surface area contributed by atoms with E-state index >= 15 is 0 Å². The summed E-state index contributed by atoms with van der Waals surface area (Å²) in [7, 11) is -2.25. The van der Waals surface area contributed by atoms with E-state index < -0.39 is 14.5 Å². The fourth-order valence-electron chi connectivity index (χ4n) is 3.95. The smallest absolute Gasteiger partial charge is 0.227 e. The van der Waals surface area contributed by atoms with E-state index in [1.54, 1.807) is 30.6 Å². The highest BCUT2D eigenvalue weighted by atomic mass is 28.4. The molecule has 4 heterocycles. The average molecular weight is 506 g/mol. The Balaban J connectivity index is 1.45. The third-order valence-corrected chi connectivity index (χ3v) is 10.7. The third kappa shape index (κ3) is 5.86. The van der Waals surface area contributed by atoms with Gasteiger partial charge in [0.15, 0.2) is 14.0 Å². The lowest BCUT2D eigenvalue weighted by Gasteiger charge is -2.35. The van der Waals surface area contributed by atoms with Crippen LogP contribution in [0.15, 0.2) is 42.7 Å². The van der Waals surface area contributed by atoms with Gasteiger partial charge in [-0.2, -0.15) is 5.26 Å². The predicted octanol–water partition coefficient (Wildman–Crippen LogP) is 5.01. The lowest BCUT2D eigenvalue weighted by Crippen LogP contribution is -2.39. The Morgan fingerprint density at radius 2 is 1.94 bits per heavy atom. The maximum Gasteiger partial charge on any atom is 0.227 e. The molecule has 1 fully saturated rings. The molecule has 1 atom stereocenters. The SMILES string of the molecule is CC(C)(CCc1ccc(Nc2nccc(-c3ccc(N4CC[C@H](F)C4)c(C#N)n3)n2)cn1)[Si](C)(C)O. The van der Waals surface area contributed by atoms with Crippen LogP contribution in [0.2, 0.25) is 18.1 Å². The Morgan fingerprint density at radius 1 is 1.17 bits per heavy atom. The van der Waals surface area contributed by atoms with Gasteiger partial charge in [0.25, 0.3) is 0 Å². The molecule has 0 unspecified atom stereocenters. The molecular weight excluding hydrogens is 473 g/mol. The minimum Gasteiger partial charge on any atom is -0.432 e. The van der Waals surface area contributed by atoms with Gasteiger partial charge in [0.2, 0.25) is 5.95 Å². The Labute approximate surface area is 212 Å². The summed E-state index contributed by atoms with van der Waals surface area (Å²) in [6.45, 7) is 9.04. The molecule has 0 bridgehead atoms. The van der Waals surface area contributed by atoms with Crippen molar-refractivity contribution in [2.75, 3.05) is 23.3 Å². The number of rotatable bonds is 8. The lowest BCUT2D eigenvalue weighted by molar-refractivity contribution is 0.364. The van der Waals surface area contributed by atoms with E-state index in [1.165, 1.54) is 0 Å². The minimum absolute atomic E-state index is 0.0956. The van der Waals surface area contributed by atoms with Gasteiger partial charge >= 0.3 is 0 Å². The van der Waals surface area contributed by atoms with E-state index in [2.05, 4.69) is 45.2 Å². The molecule has 2 N–H and O–H groups in total. The van der Waals surface area contributed by atoms with Crippen molar-refractivity contribution < 1.29 is 9.19 Å². The van der Waals surface area contributed by atoms with Gasteiger partial charge in [-0.25, -0.2) is 19.3 Å². The first-order valence-electron chi connectivity index (χ1n) is 12.1. The van der Waals surface area contributed by atoms with Gasteiger partial charge < -0.3 is 15.0 Å². The van der Waals surface area contributed by atoms with Crippen LogP contribution >= 0.6 is 0 Å². The molecule has 0 saturated carbocycles. The minimum atomic E-state index is -2.25. The number of anilines is 3. The Bertz CT molecular complexity index is 1250. The van der Waals surface area contributed by atoms with Crippen molar-refractivity contribution in [3.8, 4) is 17.5 Å². The van der Waals surface area contributed by atoms with Crippen molar-refractivity contribution in [2.45, 2.75) is 57.4 Å². The van der Waals surface area contributed by atoms with Crippen molar-refractivity contribution in [3.63, 3.8) is 0 Å². The summed E-state index contributed by atoms with van der Waals surface area (Å²) in [6, 6.07) is 11.4. The van der Waals surface area contributed by atoms with Gasteiger partial charge in [-0.1, -0.05) is 13.8 Å². The molecule has 10 heteroatoms. The summed E-state index contributed by atoms with van der Waals surface area (Å²) in [4.78, 5) is 30.2. The molecule has 0 aromatic carbocycles. The summed E-state index contributed by atoms with van der Waals surface area (Å²) in [6.07, 6.45) is 4.62. The molecule has 1 aliphatic heterocycles. The van der Waals surface area contributed by atoms with Crippen LogP contribution in [0, 0.1) is 11.3 Å². The topological polar surface area (TPSA) is 111 Å². The second-order valence-electron chi connectivity index (χ2n) is 10.4. The zero-order chi connectivity index (χ0) is 25.9. The Morgan fingerprint density at radius 3 is 2.58 bits per heavy atom. The van der Waals surface area contributed by atoms with Crippen LogP contribution in [0.1, 0.15) is 38.1 Å². The molecule has 3 aromatic heterocycles. The number of pyridine rings is 2. The Kier molecular flexibility index (Phi) is 7.33. The summed E-state index contributed by atoms with van der Waals surface area (Å²) in [5, 5.41) is 12.7. The molecule has 8 nitrogen and oxygen atoms in total. The fraction of sp³-hybridized carbons (Fsp3) is 0.423. The molecular formula is C26H32FN7OSi. The number of nitrogens with zero attached hydrogens (tertiary/aromatic N) is 6. The second-order valence-corrected chi connectivity index (χ2v) is 14.9. The van der Waals surface area contributed by atoms with Gasteiger partial charge in [0, 0.05) is 25.0 Å². The van der Waals surface area contributed by atoms with E-state index in [0.29, 0.717) is 36.0 Å². The number of alkyl halides is 1. The van der Waals surface area contributed by atoms with E-state index in [0.717, 1.165) is 24.2 Å². The molecule has 0 amide bonds. The number of aromatic nitrogens is 4. The first kappa shape index (κ1) is 25.7. The number of nitriles is 1. The van der Waals surface area contributed by atoms with Crippen molar-refractivity contribution in [1.82, 2.24) is 19.9 Å². The van der Waals surface area contributed by atoms with Crippen LogP contribution < -0.4 is 10.2 Å². The van der Waals surface area contributed by atoms with Crippen LogP contribution in [-0.2, 0) is 6.42 Å². The first-order valence-corrected chi connectivity index (χ1v) is 15.1. The van der Waals surface area contributed by atoms with Crippen LogP contribution in [0.5, 0.6) is 0 Å². The molecule has 0 aliphatic carbocycles. The van der Waals surface area contributed by atoms with Gasteiger partial charge in [-0.15, -0.1) is 0 Å². The molecule has 1 saturated heterocycles. The van der Waals surface area contributed by atoms with Gasteiger partial charge in [0.1, 0.15) is 12.2 Å². The highest BCUT2D eigenvalue weighted by Crippen LogP contribution is 2.39. The molecule has 0 radical (unpaired) electrons. The monoisotopic (exact) mass is 505 g/mol. The summed E-state index contributed by atoms with van der Waals surface area (Å²) < 4.78 is 13.6. The van der Waals surface area contributed by atoms with Gasteiger partial charge in [0.05, 0.1) is 29.0 Å². The second kappa shape index (κ2) is 10.3. The van der Waals surface area contributed by atoms with E-state index in [4.69, 9.17) is 0 Å². The fourth-order valence-corrected chi connectivity index (χ4v) is 4.69. The number of aryl methyl sites for hydroxylation is 1. The van der Waals surface area contributed by atoms with E-state index in [-0.39, 0.29) is 17.3 Å². The van der Waals surface area contributed by atoms with Gasteiger partial charge in [-0.3, -0.25) is 4.98 Å². The average Bonchev–Trinajstić information content (AvgIpc) is 3.28. The molecule has 1 aliphatic rings. The summed E-state index contributed by atoms with van der Waals surface area (Å²) in [5.74, 6) is 0.389. The zero-order valence-corrected chi connectivity index (χ0v) is 22.2. The number of hydrogen-bond donors (Lipinski definition) is 2. The maximum atomic E-state index is 13.6. The van der Waals surface area contributed by atoms with Crippen molar-refractivity contribution in [3.05, 3.63) is 54.1 Å². The summed E-state index contributed by atoms with van der Waals surface area (Å²) in [5.41, 5.74) is 3.74. The molecule has 4 rings (SSSR count).